The van der Waals surface area contributed by atoms with Crippen LogP contribution in [-0.4, -0.2) is 30.3 Å². The van der Waals surface area contributed by atoms with Crippen LogP contribution in [0.25, 0.3) is 11.3 Å². The van der Waals surface area contributed by atoms with Gasteiger partial charge in [-0.05, 0) is 57.2 Å². The van der Waals surface area contributed by atoms with Crippen LogP contribution in [0.15, 0.2) is 30.3 Å². The Bertz CT molecular complexity index is 814. The number of aromatic nitrogens is 1. The Morgan fingerprint density at radius 2 is 1.90 bits per heavy atom. The van der Waals surface area contributed by atoms with Crippen LogP contribution in [-0.2, 0) is 9.53 Å². The molecule has 0 saturated heterocycles. The maximum Gasteiger partial charge on any atom is 0.305 e. The molecule has 156 valence electrons. The molecule has 0 unspecified atom stereocenters. The second-order valence-corrected chi connectivity index (χ2v) is 6.91. The number of nitrogens with zero attached hydrogens (tertiary/aromatic N) is 1. The van der Waals surface area contributed by atoms with Crippen LogP contribution in [0.2, 0.25) is 0 Å². The molecule has 29 heavy (non-hydrogen) atoms. The fourth-order valence-corrected chi connectivity index (χ4v) is 3.29. The Morgan fingerprint density at radius 1 is 1.17 bits per heavy atom. The molecule has 1 saturated carbocycles. The van der Waals surface area contributed by atoms with E-state index >= 15 is 0 Å². The number of rotatable bonds is 9. The minimum atomic E-state index is -0.819. The molecule has 1 fully saturated rings. The quantitative estimate of drug-likeness (QED) is 0.431. The molecule has 1 aliphatic carbocycles. The number of hydrogen-bond donors (Lipinski definition) is 0. The first-order valence-electron chi connectivity index (χ1n) is 9.98. The van der Waals surface area contributed by atoms with E-state index in [0.717, 1.165) is 25.7 Å². The van der Waals surface area contributed by atoms with Gasteiger partial charge in [-0.1, -0.05) is 6.07 Å². The summed E-state index contributed by atoms with van der Waals surface area (Å²) in [7, 11) is 0. The summed E-state index contributed by atoms with van der Waals surface area (Å²) in [5.41, 5.74) is 0.725. The number of benzene rings is 1. The molecule has 0 radical (unpaired) electrons. The maximum atomic E-state index is 14.4. The van der Waals surface area contributed by atoms with E-state index < -0.39 is 17.4 Å². The van der Waals surface area contributed by atoms with Crippen molar-refractivity contribution >= 4 is 5.97 Å². The van der Waals surface area contributed by atoms with Crippen molar-refractivity contribution in [1.29, 1.82) is 0 Å². The summed E-state index contributed by atoms with van der Waals surface area (Å²) in [5, 5.41) is 0. The third-order valence-electron chi connectivity index (χ3n) is 4.68. The Labute approximate surface area is 169 Å². The number of halogens is 2. The molecule has 0 N–H and O–H groups in total. The van der Waals surface area contributed by atoms with Gasteiger partial charge in [0.1, 0.15) is 6.10 Å². The van der Waals surface area contributed by atoms with Crippen LogP contribution in [0.3, 0.4) is 0 Å². The lowest BCUT2D eigenvalue weighted by atomic mass is 10.1. The molecular weight excluding hydrogens is 380 g/mol. The molecule has 1 heterocycles. The predicted molar refractivity (Wildman–Crippen MR) is 104 cm³/mol. The Morgan fingerprint density at radius 3 is 2.59 bits per heavy atom. The zero-order valence-electron chi connectivity index (χ0n) is 16.5. The molecule has 0 spiro atoms. The molecule has 1 aromatic carbocycles. The highest BCUT2D eigenvalue weighted by Gasteiger charge is 2.18. The van der Waals surface area contributed by atoms with E-state index in [1.807, 2.05) is 0 Å². The van der Waals surface area contributed by atoms with Crippen LogP contribution in [0, 0.1) is 11.6 Å². The number of hydrogen-bond acceptors (Lipinski definition) is 5. The van der Waals surface area contributed by atoms with Gasteiger partial charge in [-0.2, -0.15) is 0 Å². The summed E-state index contributed by atoms with van der Waals surface area (Å²) in [4.78, 5) is 15.7. The molecule has 3 rings (SSSR count). The lowest BCUT2D eigenvalue weighted by molar-refractivity contribution is -0.143. The third kappa shape index (κ3) is 5.89. The highest BCUT2D eigenvalue weighted by Crippen LogP contribution is 2.30. The van der Waals surface area contributed by atoms with Crippen molar-refractivity contribution in [3.8, 4) is 22.9 Å². The minimum absolute atomic E-state index is 0.00889. The van der Waals surface area contributed by atoms with Crippen molar-refractivity contribution in [1.82, 2.24) is 4.98 Å². The Balaban J connectivity index is 1.64. The smallest absolute Gasteiger partial charge is 0.305 e. The average molecular weight is 405 g/mol. The van der Waals surface area contributed by atoms with Crippen LogP contribution >= 0.6 is 0 Å². The van der Waals surface area contributed by atoms with E-state index in [1.165, 1.54) is 12.1 Å². The first kappa shape index (κ1) is 21.0. The van der Waals surface area contributed by atoms with Gasteiger partial charge in [-0.15, -0.1) is 0 Å². The van der Waals surface area contributed by atoms with Crippen molar-refractivity contribution in [3.63, 3.8) is 0 Å². The molecule has 0 aliphatic heterocycles. The number of esters is 1. The SMILES string of the molecule is CCOC(=O)CCCOc1c(F)cc(-c2cccc(OC3CCCC3)n2)cc1F. The number of carbonyl (C=O) groups is 1. The van der Waals surface area contributed by atoms with E-state index in [0.29, 0.717) is 30.2 Å². The van der Waals surface area contributed by atoms with Gasteiger partial charge in [0, 0.05) is 18.1 Å². The molecular formula is C22H25F2NO4. The van der Waals surface area contributed by atoms with Crippen LogP contribution in [0.1, 0.15) is 45.4 Å². The highest BCUT2D eigenvalue weighted by molar-refractivity contribution is 5.69. The predicted octanol–water partition coefficient (Wildman–Crippen LogP) is 5.07. The molecule has 0 atom stereocenters. The van der Waals surface area contributed by atoms with Crippen LogP contribution in [0.5, 0.6) is 11.6 Å². The van der Waals surface area contributed by atoms with Crippen LogP contribution in [0.4, 0.5) is 8.78 Å². The van der Waals surface area contributed by atoms with E-state index in [2.05, 4.69) is 4.98 Å². The molecule has 1 aromatic heterocycles. The maximum absolute atomic E-state index is 14.4. The summed E-state index contributed by atoms with van der Waals surface area (Å²) in [6.45, 7) is 2.02. The van der Waals surface area contributed by atoms with E-state index in [9.17, 15) is 13.6 Å². The van der Waals surface area contributed by atoms with Crippen molar-refractivity contribution in [2.75, 3.05) is 13.2 Å². The van der Waals surface area contributed by atoms with Gasteiger partial charge in [-0.25, -0.2) is 13.8 Å². The van der Waals surface area contributed by atoms with Crippen molar-refractivity contribution in [3.05, 3.63) is 42.0 Å². The normalized spacial score (nSPS) is 14.0. The largest absolute Gasteiger partial charge is 0.488 e. The van der Waals surface area contributed by atoms with Gasteiger partial charge >= 0.3 is 5.97 Å². The fraction of sp³-hybridized carbons (Fsp3) is 0.455. The van der Waals surface area contributed by atoms with Gasteiger partial charge in [-0.3, -0.25) is 4.79 Å². The second-order valence-electron chi connectivity index (χ2n) is 6.91. The van der Waals surface area contributed by atoms with Gasteiger partial charge in [0.15, 0.2) is 17.4 Å². The standard InChI is InChI=1S/C22H25F2NO4/c1-2-27-21(26)11-6-12-28-22-17(23)13-15(14-18(22)24)19-9-5-10-20(25-19)29-16-7-3-4-8-16/h5,9-10,13-14,16H,2-4,6-8,11-12H2,1H3. The van der Waals surface area contributed by atoms with E-state index in [1.54, 1.807) is 25.1 Å². The molecule has 5 nitrogen and oxygen atoms in total. The number of ether oxygens (including phenoxy) is 3. The second kappa shape index (κ2) is 10.2. The number of pyridine rings is 1. The zero-order valence-corrected chi connectivity index (χ0v) is 16.5. The first-order chi connectivity index (χ1) is 14.1. The van der Waals surface area contributed by atoms with Crippen molar-refractivity contribution < 1.29 is 27.8 Å². The monoisotopic (exact) mass is 405 g/mol. The highest BCUT2D eigenvalue weighted by atomic mass is 19.1. The van der Waals surface area contributed by atoms with Crippen molar-refractivity contribution in [2.45, 2.75) is 51.6 Å². The summed E-state index contributed by atoms with van der Waals surface area (Å²) in [6.07, 6.45) is 4.87. The summed E-state index contributed by atoms with van der Waals surface area (Å²) in [6, 6.07) is 7.55. The lowest BCUT2D eigenvalue weighted by Crippen LogP contribution is -2.11. The van der Waals surface area contributed by atoms with Gasteiger partial charge < -0.3 is 14.2 Å². The minimum Gasteiger partial charge on any atom is -0.488 e. The van der Waals surface area contributed by atoms with Crippen molar-refractivity contribution in [2.24, 2.45) is 0 Å². The van der Waals surface area contributed by atoms with Gasteiger partial charge in [0.05, 0.1) is 18.9 Å². The van der Waals surface area contributed by atoms with Gasteiger partial charge in [0.25, 0.3) is 0 Å². The average Bonchev–Trinajstić information content (AvgIpc) is 3.20. The molecule has 1 aliphatic rings. The summed E-state index contributed by atoms with van der Waals surface area (Å²) >= 11 is 0. The summed E-state index contributed by atoms with van der Waals surface area (Å²) < 4.78 is 44.7. The number of carbonyl (C=O) groups excluding carboxylic acids is 1. The van der Waals surface area contributed by atoms with Gasteiger partial charge in [0.2, 0.25) is 5.88 Å². The third-order valence-corrected chi connectivity index (χ3v) is 4.68. The Kier molecular flexibility index (Phi) is 7.38. The zero-order chi connectivity index (χ0) is 20.6. The molecule has 7 heteroatoms. The summed E-state index contributed by atoms with van der Waals surface area (Å²) in [5.74, 6) is -2.01. The van der Waals surface area contributed by atoms with Crippen LogP contribution < -0.4 is 9.47 Å². The first-order valence-corrected chi connectivity index (χ1v) is 9.98. The molecule has 0 amide bonds. The van der Waals surface area contributed by atoms with E-state index in [4.69, 9.17) is 14.2 Å². The Hall–Kier alpha value is -2.70. The lowest BCUT2D eigenvalue weighted by Gasteiger charge is -2.13. The van der Waals surface area contributed by atoms with E-state index in [-0.39, 0.29) is 25.1 Å². The molecule has 0 bridgehead atoms. The fourth-order valence-electron chi connectivity index (χ4n) is 3.29. The molecule has 2 aromatic rings. The topological polar surface area (TPSA) is 57.7 Å².